The molecule has 0 radical (unpaired) electrons. The number of hydrogen-bond acceptors (Lipinski definition) is 6. The van der Waals surface area contributed by atoms with E-state index in [4.69, 9.17) is 22.4 Å². The fraction of sp³-hybridized carbons (Fsp3) is 0.174. The Labute approximate surface area is 197 Å². The normalized spacial score (nSPS) is 16.0. The molecule has 0 bridgehead atoms. The highest BCUT2D eigenvalue weighted by molar-refractivity contribution is 6.33. The molecule has 1 aliphatic heterocycles. The van der Waals surface area contributed by atoms with Gasteiger partial charge >= 0.3 is 0 Å². The van der Waals surface area contributed by atoms with Gasteiger partial charge in [-0.2, -0.15) is 5.10 Å². The monoisotopic (exact) mass is 474 g/mol. The highest BCUT2D eigenvalue weighted by atomic mass is 35.5. The molecule has 5 heterocycles. The van der Waals surface area contributed by atoms with Crippen molar-refractivity contribution < 1.29 is 4.79 Å². The summed E-state index contributed by atoms with van der Waals surface area (Å²) >= 11 is 6.33. The predicted molar refractivity (Wildman–Crippen MR) is 128 cm³/mol. The molecular formula is C23H19ClN8O2. The van der Waals surface area contributed by atoms with Crippen LogP contribution >= 0.6 is 11.6 Å². The fourth-order valence-electron chi connectivity index (χ4n) is 4.74. The Morgan fingerprint density at radius 2 is 2.00 bits per heavy atom. The molecule has 10 nitrogen and oxygen atoms in total. The Balaban J connectivity index is 1.60. The number of fused-ring (bicyclic) bond motifs is 2. The Bertz CT molecular complexity index is 1620. The third-order valence-electron chi connectivity index (χ3n) is 6.21. The lowest BCUT2D eigenvalue weighted by Crippen LogP contribution is -2.33. The lowest BCUT2D eigenvalue weighted by atomic mass is 10.1. The van der Waals surface area contributed by atoms with E-state index in [2.05, 4.69) is 19.9 Å². The molecule has 170 valence electrons. The number of nitrogens with one attached hydrogen (secondary N) is 1. The number of aromatic nitrogens is 6. The largest absolute Gasteiger partial charge is 0.366 e. The van der Waals surface area contributed by atoms with Gasteiger partial charge in [-0.25, -0.2) is 14.5 Å². The number of rotatable bonds is 4. The highest BCUT2D eigenvalue weighted by Crippen LogP contribution is 2.38. The predicted octanol–water partition coefficient (Wildman–Crippen LogP) is 2.85. The number of para-hydroxylation sites is 1. The average Bonchev–Trinajstić information content (AvgIpc) is 3.57. The standard InChI is InChI=1S/C23H19ClN8O2/c24-15-8-10-31-18(15)23(34)32(13-5-2-1-3-6-13)21(29-31)16-7-4-9-30(16)22-17-14(19(25)33)11-26-20(17)27-12-28-22/h1-3,5-6,8,10-12,16H,4,7,9H2,(H2,25,33)(H,26,27,28)/t16-/m0/s1. The minimum absolute atomic E-state index is 0.259. The molecular weight excluding hydrogens is 456 g/mol. The van der Waals surface area contributed by atoms with E-state index in [1.165, 1.54) is 10.8 Å². The van der Waals surface area contributed by atoms with Crippen molar-refractivity contribution in [1.29, 1.82) is 0 Å². The van der Waals surface area contributed by atoms with Gasteiger partial charge in [0.1, 0.15) is 23.3 Å². The number of nitrogens with zero attached hydrogens (tertiary/aromatic N) is 6. The molecule has 0 unspecified atom stereocenters. The number of carbonyl (C=O) groups is 1. The quantitative estimate of drug-likeness (QED) is 0.412. The number of carbonyl (C=O) groups excluding carboxylic acids is 1. The maximum absolute atomic E-state index is 13.7. The molecule has 3 N–H and O–H groups in total. The van der Waals surface area contributed by atoms with Gasteiger partial charge in [-0.05, 0) is 31.0 Å². The van der Waals surface area contributed by atoms with Gasteiger partial charge in [-0.1, -0.05) is 29.8 Å². The summed E-state index contributed by atoms with van der Waals surface area (Å²) in [7, 11) is 0. The Morgan fingerprint density at radius 3 is 2.79 bits per heavy atom. The molecule has 0 spiro atoms. The maximum Gasteiger partial charge on any atom is 0.284 e. The summed E-state index contributed by atoms with van der Waals surface area (Å²) in [6.07, 6.45) is 6.25. The molecule has 1 aromatic carbocycles. The van der Waals surface area contributed by atoms with Crippen LogP contribution in [0.25, 0.3) is 22.2 Å². The highest BCUT2D eigenvalue weighted by Gasteiger charge is 2.34. The summed E-state index contributed by atoms with van der Waals surface area (Å²) in [5.41, 5.74) is 7.19. The van der Waals surface area contributed by atoms with Crippen LogP contribution in [0.15, 0.2) is 59.9 Å². The molecule has 0 saturated carbocycles. The number of hydrogen-bond donors (Lipinski definition) is 2. The van der Waals surface area contributed by atoms with Crippen molar-refractivity contribution in [2.24, 2.45) is 5.73 Å². The van der Waals surface area contributed by atoms with Crippen LogP contribution < -0.4 is 16.2 Å². The van der Waals surface area contributed by atoms with E-state index in [0.717, 1.165) is 12.8 Å². The van der Waals surface area contributed by atoms with Gasteiger partial charge in [0.25, 0.3) is 11.5 Å². The van der Waals surface area contributed by atoms with Gasteiger partial charge < -0.3 is 15.6 Å². The topological polar surface area (TPSA) is 127 Å². The summed E-state index contributed by atoms with van der Waals surface area (Å²) in [4.78, 5) is 39.5. The summed E-state index contributed by atoms with van der Waals surface area (Å²) in [5.74, 6) is 0.555. The molecule has 1 aliphatic rings. The summed E-state index contributed by atoms with van der Waals surface area (Å²) < 4.78 is 3.13. The molecule has 4 aromatic heterocycles. The lowest BCUT2D eigenvalue weighted by Gasteiger charge is -2.27. The molecule has 1 amide bonds. The third kappa shape index (κ3) is 2.99. The van der Waals surface area contributed by atoms with Gasteiger partial charge in [-0.15, -0.1) is 0 Å². The number of amides is 1. The van der Waals surface area contributed by atoms with Crippen LogP contribution in [-0.4, -0.2) is 41.6 Å². The van der Waals surface area contributed by atoms with Gasteiger partial charge in [0.05, 0.1) is 27.7 Å². The zero-order chi connectivity index (χ0) is 23.4. The van der Waals surface area contributed by atoms with Crippen molar-refractivity contribution in [2.75, 3.05) is 11.4 Å². The molecule has 11 heteroatoms. The second-order valence-electron chi connectivity index (χ2n) is 8.13. The Kier molecular flexibility index (Phi) is 4.63. The van der Waals surface area contributed by atoms with E-state index in [-0.39, 0.29) is 11.6 Å². The summed E-state index contributed by atoms with van der Waals surface area (Å²) in [6.45, 7) is 0.662. The third-order valence-corrected chi connectivity index (χ3v) is 6.52. The van der Waals surface area contributed by atoms with E-state index in [9.17, 15) is 9.59 Å². The number of nitrogens with two attached hydrogens (primary N) is 1. The molecule has 5 aromatic rings. The van der Waals surface area contributed by atoms with Crippen molar-refractivity contribution in [3.8, 4) is 5.69 Å². The molecule has 1 fully saturated rings. The zero-order valence-electron chi connectivity index (χ0n) is 17.8. The number of benzene rings is 1. The summed E-state index contributed by atoms with van der Waals surface area (Å²) in [5, 5.41) is 5.72. The molecule has 34 heavy (non-hydrogen) atoms. The first-order valence-electron chi connectivity index (χ1n) is 10.8. The smallest absolute Gasteiger partial charge is 0.284 e. The van der Waals surface area contributed by atoms with Crippen molar-refractivity contribution in [1.82, 2.24) is 29.1 Å². The molecule has 0 aliphatic carbocycles. The number of anilines is 1. The van der Waals surface area contributed by atoms with Crippen LogP contribution in [-0.2, 0) is 0 Å². The first-order valence-corrected chi connectivity index (χ1v) is 11.2. The zero-order valence-corrected chi connectivity index (χ0v) is 18.6. The minimum atomic E-state index is -0.569. The maximum atomic E-state index is 13.7. The van der Waals surface area contributed by atoms with Gasteiger partial charge in [0, 0.05) is 18.9 Å². The SMILES string of the molecule is NC(=O)c1c[nH]c2ncnc(N3CCC[C@H]3c3nn4ccc(Cl)c4c(=O)n3-c3ccccc3)c12. The van der Waals surface area contributed by atoms with Crippen LogP contribution in [0.4, 0.5) is 5.82 Å². The molecule has 1 saturated heterocycles. The van der Waals surface area contributed by atoms with Gasteiger partial charge in [0.15, 0.2) is 5.82 Å². The van der Waals surface area contributed by atoms with Crippen LogP contribution in [0, 0.1) is 0 Å². The molecule has 1 atom stereocenters. The van der Waals surface area contributed by atoms with E-state index in [0.29, 0.717) is 51.0 Å². The van der Waals surface area contributed by atoms with E-state index in [1.54, 1.807) is 23.0 Å². The minimum Gasteiger partial charge on any atom is -0.366 e. The van der Waals surface area contributed by atoms with Crippen molar-refractivity contribution in [3.05, 3.63) is 81.9 Å². The number of primary amides is 1. The number of halogens is 1. The van der Waals surface area contributed by atoms with Crippen LogP contribution in [0.3, 0.4) is 0 Å². The fourth-order valence-corrected chi connectivity index (χ4v) is 4.96. The first kappa shape index (κ1) is 20.4. The number of H-pyrrole nitrogens is 1. The lowest BCUT2D eigenvalue weighted by molar-refractivity contribution is 0.100. The van der Waals surface area contributed by atoms with Crippen LogP contribution in [0.2, 0.25) is 5.02 Å². The Hall–Kier alpha value is -4.18. The van der Waals surface area contributed by atoms with Crippen molar-refractivity contribution in [2.45, 2.75) is 18.9 Å². The van der Waals surface area contributed by atoms with E-state index < -0.39 is 5.91 Å². The second kappa shape index (κ2) is 7.70. The second-order valence-corrected chi connectivity index (χ2v) is 8.54. The van der Waals surface area contributed by atoms with E-state index in [1.807, 2.05) is 30.3 Å². The van der Waals surface area contributed by atoms with Crippen LogP contribution in [0.1, 0.15) is 35.1 Å². The van der Waals surface area contributed by atoms with Crippen LogP contribution in [0.5, 0.6) is 0 Å². The van der Waals surface area contributed by atoms with Gasteiger partial charge in [-0.3, -0.25) is 14.2 Å². The summed E-state index contributed by atoms with van der Waals surface area (Å²) in [6, 6.07) is 10.7. The van der Waals surface area contributed by atoms with E-state index >= 15 is 0 Å². The first-order chi connectivity index (χ1) is 16.5. The molecule has 6 rings (SSSR count). The van der Waals surface area contributed by atoms with Gasteiger partial charge in [0.2, 0.25) is 0 Å². The van der Waals surface area contributed by atoms with Crippen molar-refractivity contribution >= 4 is 39.9 Å². The Morgan fingerprint density at radius 1 is 1.18 bits per heavy atom. The average molecular weight is 475 g/mol. The number of aromatic amines is 1. The van der Waals surface area contributed by atoms with Crippen molar-refractivity contribution in [3.63, 3.8) is 0 Å².